The van der Waals surface area contributed by atoms with Crippen LogP contribution in [0.15, 0.2) is 0 Å². The van der Waals surface area contributed by atoms with Crippen molar-refractivity contribution in [2.24, 2.45) is 0 Å². The van der Waals surface area contributed by atoms with E-state index in [1.165, 1.54) is 87.1 Å². The maximum Gasteiger partial charge on any atom is 0.304 e. The van der Waals surface area contributed by atoms with Crippen molar-refractivity contribution in [2.45, 2.75) is 24.9 Å². The molecular formula is C63H6O2. The van der Waals surface area contributed by atoms with Crippen LogP contribution in [-0.2, 0) is 20.5 Å². The molecule has 0 fully saturated rings. The molecule has 0 radical (unpaired) electrons. The second-order valence-electron chi connectivity index (χ2n) is 24.1. The monoisotopic (exact) mass is 794 g/mol. The zero-order valence-corrected chi connectivity index (χ0v) is 33.3. The van der Waals surface area contributed by atoms with Crippen molar-refractivity contribution < 1.29 is 9.53 Å². The molecule has 2 heteroatoms. The third-order valence-corrected chi connectivity index (χ3v) is 23.9. The number of hydrogen-bond donors (Lipinski definition) is 0. The molecule has 0 bridgehead atoms. The Morgan fingerprint density at radius 3 is 0.662 bits per heavy atom. The fraction of sp³-hybridized carbons (Fsp3) is 0.0635. The van der Waals surface area contributed by atoms with Gasteiger partial charge in [0.25, 0.3) is 0 Å². The molecule has 2 nitrogen and oxygen atoms in total. The van der Waals surface area contributed by atoms with Crippen LogP contribution >= 0.6 is 0 Å². The molecule has 0 saturated carbocycles. The molecule has 5 aliphatic rings. The van der Waals surface area contributed by atoms with Gasteiger partial charge < -0.3 is 4.74 Å². The van der Waals surface area contributed by atoms with Crippen LogP contribution in [0.4, 0.5) is 0 Å². The first-order valence-corrected chi connectivity index (χ1v) is 24.1. The molecule has 0 aromatic heterocycles. The lowest BCUT2D eigenvalue weighted by Gasteiger charge is -2.46. The SMILES string of the molecule is CC(=O)OC12c3c4c5c6c7c8c9c%10c(c1c1c%11c2c2c%12c3c5c3c5c6c6c7c7c9c9c%13c%10c1c1c%10c%11c%11c2c2c%12c3c3c5c5c6c6c7c9c7c(c%131)c1c%10c%11c9c2c3c2c9c1c7c6c52)C48C. The number of hydrogen-bond acceptors (Lipinski definition) is 2. The second kappa shape index (κ2) is 5.10. The number of rotatable bonds is 1. The van der Waals surface area contributed by atoms with E-state index in [2.05, 4.69) is 6.92 Å². The lowest BCUT2D eigenvalue weighted by Crippen LogP contribution is -2.43. The van der Waals surface area contributed by atoms with E-state index >= 15 is 0 Å². The molecule has 65 heavy (non-hydrogen) atoms. The highest BCUT2D eigenvalue weighted by molar-refractivity contribution is 6.81. The fourth-order valence-electron chi connectivity index (χ4n) is 23.9. The highest BCUT2D eigenvalue weighted by atomic mass is 16.6. The van der Waals surface area contributed by atoms with Gasteiger partial charge in [-0.05, 0) is 298 Å². The van der Waals surface area contributed by atoms with Crippen molar-refractivity contribution in [3.63, 3.8) is 0 Å². The molecule has 5 aliphatic carbocycles. The van der Waals surface area contributed by atoms with Crippen LogP contribution in [0.5, 0.6) is 0 Å². The Labute approximate surface area is 352 Å². The molecule has 0 spiro atoms. The zero-order chi connectivity index (χ0) is 38.8. The van der Waals surface area contributed by atoms with Gasteiger partial charge in [-0.15, -0.1) is 0 Å². The Bertz CT molecular complexity index is 7100. The number of carbonyl (C=O) groups is 1. The van der Waals surface area contributed by atoms with E-state index in [1.807, 2.05) is 0 Å². The molecule has 27 aromatic rings. The van der Waals surface area contributed by atoms with Crippen LogP contribution in [0.1, 0.15) is 47.2 Å². The van der Waals surface area contributed by atoms with Gasteiger partial charge in [0.1, 0.15) is 0 Å². The van der Waals surface area contributed by atoms with Gasteiger partial charge in [0.2, 0.25) is 0 Å². The molecule has 2 unspecified atom stereocenters. The van der Waals surface area contributed by atoms with Gasteiger partial charge in [-0.3, -0.25) is 4.79 Å². The van der Waals surface area contributed by atoms with Crippen LogP contribution in [0.2, 0.25) is 0 Å². The smallest absolute Gasteiger partial charge is 0.304 e. The first kappa shape index (κ1) is 23.6. The highest BCUT2D eigenvalue weighted by Crippen LogP contribution is 2.84. The molecule has 2 atom stereocenters. The lowest BCUT2D eigenvalue weighted by molar-refractivity contribution is -0.150. The minimum Gasteiger partial charge on any atom is -0.444 e. The van der Waals surface area contributed by atoms with Crippen molar-refractivity contribution in [2.75, 3.05) is 0 Å². The molecule has 27 aromatic carbocycles. The average Bonchev–Trinajstić information content (AvgIpc) is 4.14. The maximum atomic E-state index is 14.6. The fourth-order valence-corrected chi connectivity index (χ4v) is 23.9. The Balaban J connectivity index is 1.28. The molecule has 0 saturated heterocycles. The van der Waals surface area contributed by atoms with Crippen molar-refractivity contribution in [3.05, 3.63) is 33.4 Å². The van der Waals surface area contributed by atoms with Gasteiger partial charge in [-0.2, -0.15) is 0 Å². The molecule has 0 amide bonds. The van der Waals surface area contributed by atoms with Gasteiger partial charge in [0.05, 0.1) is 0 Å². The van der Waals surface area contributed by atoms with Crippen molar-refractivity contribution >= 4 is 286 Å². The molecule has 0 aliphatic heterocycles. The van der Waals surface area contributed by atoms with Crippen molar-refractivity contribution in [1.29, 1.82) is 0 Å². The third-order valence-electron chi connectivity index (χ3n) is 23.9. The van der Waals surface area contributed by atoms with Crippen LogP contribution in [0.3, 0.4) is 0 Å². The molecule has 0 heterocycles. The summed E-state index contributed by atoms with van der Waals surface area (Å²) < 4.78 is 7.66. The summed E-state index contributed by atoms with van der Waals surface area (Å²) in [6.07, 6.45) is 0. The number of benzene rings is 17. The number of carbonyl (C=O) groups excluding carboxylic acids is 1. The first-order valence-electron chi connectivity index (χ1n) is 24.1. The van der Waals surface area contributed by atoms with Crippen LogP contribution in [-0.4, -0.2) is 5.97 Å². The number of esters is 1. The largest absolute Gasteiger partial charge is 0.444 e. The van der Waals surface area contributed by atoms with E-state index in [0.717, 1.165) is 0 Å². The summed E-state index contributed by atoms with van der Waals surface area (Å²) in [5, 5.41) is 81.5. The Morgan fingerprint density at radius 1 is 0.231 bits per heavy atom. The molecule has 0 N–H and O–H groups in total. The molecular weight excluding hydrogens is 789 g/mol. The van der Waals surface area contributed by atoms with E-state index < -0.39 is 5.60 Å². The summed E-state index contributed by atoms with van der Waals surface area (Å²) in [5.74, 6) is -0.157. The van der Waals surface area contributed by atoms with Crippen LogP contribution in [0.25, 0.3) is 280 Å². The van der Waals surface area contributed by atoms with E-state index in [0.29, 0.717) is 0 Å². The first-order chi connectivity index (χ1) is 32.1. The van der Waals surface area contributed by atoms with Crippen molar-refractivity contribution in [3.8, 4) is 0 Å². The average molecular weight is 795 g/mol. The summed E-state index contributed by atoms with van der Waals surface area (Å²) in [4.78, 5) is 14.6. The van der Waals surface area contributed by atoms with Gasteiger partial charge in [-0.1, -0.05) is 0 Å². The van der Waals surface area contributed by atoms with Gasteiger partial charge in [0.15, 0.2) is 5.60 Å². The summed E-state index contributed by atoms with van der Waals surface area (Å²) in [6, 6.07) is 0. The van der Waals surface area contributed by atoms with Gasteiger partial charge >= 0.3 is 5.97 Å². The van der Waals surface area contributed by atoms with Gasteiger partial charge in [0, 0.05) is 34.4 Å². The summed E-state index contributed by atoms with van der Waals surface area (Å²) in [5.41, 5.74) is 7.32. The zero-order valence-electron chi connectivity index (χ0n) is 33.3. The summed E-state index contributed by atoms with van der Waals surface area (Å²) in [6.45, 7) is 4.42. The Hall–Kier alpha value is -8.07. The van der Waals surface area contributed by atoms with E-state index in [4.69, 9.17) is 4.74 Å². The normalized spacial score (nSPS) is 22.5. The quantitative estimate of drug-likeness (QED) is 0.122. The molecule has 270 valence electrons. The summed E-state index contributed by atoms with van der Waals surface area (Å²) in [7, 11) is 0. The Kier molecular flexibility index (Phi) is 1.85. The minimum atomic E-state index is -1.01. The standard InChI is InChI=1S/C63H6O2/c1-3(64)65-63-57-49-40-33-20-13-7-6-8-4-5-9(7)18(20)24-22-11(5)14-10(4)21-23-17(8)19-12(6)15-16(13)27-34-26(15)35-32(19)39-37(23)41-28(21)30-25(14)31-29(22)42(38(24)40)53(57)55-44(31)43(30)54-52(41)56-48(39)45(35)50-47(34)51(46(49)36(27)33)60(63)58(50)62(56,2)59(54)61(55)63/h1-2H3. The maximum absolute atomic E-state index is 14.6. The van der Waals surface area contributed by atoms with E-state index in [1.54, 1.807) is 233 Å². The lowest BCUT2D eigenvalue weighted by atomic mass is 9.58. The van der Waals surface area contributed by atoms with Gasteiger partial charge in [-0.25, -0.2) is 0 Å². The van der Waals surface area contributed by atoms with E-state index in [-0.39, 0.29) is 11.4 Å². The highest BCUT2D eigenvalue weighted by Gasteiger charge is 2.67. The van der Waals surface area contributed by atoms with Crippen LogP contribution in [0, 0.1) is 0 Å². The summed E-state index contributed by atoms with van der Waals surface area (Å²) >= 11 is 0. The van der Waals surface area contributed by atoms with E-state index in [9.17, 15) is 4.79 Å². The molecule has 32 rings (SSSR count). The van der Waals surface area contributed by atoms with Crippen molar-refractivity contribution in [1.82, 2.24) is 0 Å². The minimum absolute atomic E-state index is 0.157. The Morgan fingerprint density at radius 2 is 0.385 bits per heavy atom. The number of ether oxygens (including phenoxy) is 1. The third kappa shape index (κ3) is 1.20. The predicted octanol–water partition coefficient (Wildman–Crippen LogP) is 16.5. The van der Waals surface area contributed by atoms with Crippen LogP contribution < -0.4 is 0 Å². The topological polar surface area (TPSA) is 26.3 Å². The predicted molar refractivity (Wildman–Crippen MR) is 270 cm³/mol. The second-order valence-corrected chi connectivity index (χ2v) is 24.1.